The van der Waals surface area contributed by atoms with Crippen LogP contribution in [0.15, 0.2) is 57.7 Å². The van der Waals surface area contributed by atoms with E-state index in [1.54, 1.807) is 77.1 Å². The Morgan fingerprint density at radius 1 is 1.03 bits per heavy atom. The number of esters is 1. The minimum absolute atomic E-state index is 0.244. The molecule has 0 bridgehead atoms. The highest BCUT2D eigenvalue weighted by molar-refractivity contribution is 5.91. The molecule has 0 spiro atoms. The predicted molar refractivity (Wildman–Crippen MR) is 116 cm³/mol. The first-order valence-electron chi connectivity index (χ1n) is 9.85. The number of carbonyl (C=O) groups is 2. The molecule has 2 aromatic carbocycles. The molecule has 0 saturated heterocycles. The first-order valence-corrected chi connectivity index (χ1v) is 9.85. The van der Waals surface area contributed by atoms with E-state index < -0.39 is 29.3 Å². The molecular formula is C24H25NO6. The smallest absolute Gasteiger partial charge is 0.408 e. The van der Waals surface area contributed by atoms with Crippen LogP contribution in [0.3, 0.4) is 0 Å². The molecule has 1 amide bonds. The molecule has 0 saturated carbocycles. The Balaban J connectivity index is 1.98. The van der Waals surface area contributed by atoms with Crippen LogP contribution in [-0.2, 0) is 9.53 Å². The number of benzene rings is 2. The van der Waals surface area contributed by atoms with E-state index in [-0.39, 0.29) is 5.75 Å². The van der Waals surface area contributed by atoms with Crippen molar-refractivity contribution < 1.29 is 23.5 Å². The maximum absolute atomic E-state index is 13.2. The van der Waals surface area contributed by atoms with Crippen molar-refractivity contribution in [2.24, 2.45) is 0 Å². The van der Waals surface area contributed by atoms with Crippen LogP contribution in [0.5, 0.6) is 5.75 Å². The third kappa shape index (κ3) is 5.51. The van der Waals surface area contributed by atoms with Crippen molar-refractivity contribution >= 4 is 23.0 Å². The van der Waals surface area contributed by atoms with E-state index in [0.717, 1.165) is 5.56 Å². The summed E-state index contributed by atoms with van der Waals surface area (Å²) in [5.41, 5.74) is 1.02. The molecule has 7 heteroatoms. The van der Waals surface area contributed by atoms with Gasteiger partial charge in [0.2, 0.25) is 0 Å². The van der Waals surface area contributed by atoms with E-state index in [1.165, 1.54) is 6.07 Å². The second-order valence-corrected chi connectivity index (χ2v) is 8.30. The Bertz CT molecular complexity index is 1170. The van der Waals surface area contributed by atoms with E-state index in [4.69, 9.17) is 13.9 Å². The number of amides is 1. The summed E-state index contributed by atoms with van der Waals surface area (Å²) in [5.74, 6) is -0.456. The molecule has 0 unspecified atom stereocenters. The second kappa shape index (κ2) is 8.63. The number of fused-ring (bicyclic) bond motifs is 1. The molecule has 1 N–H and O–H groups in total. The van der Waals surface area contributed by atoms with Crippen molar-refractivity contribution in [1.82, 2.24) is 5.32 Å². The standard InChI is InChI=1S/C24H25NO6/c1-14-11-17-20(15(2)13-19(26)29-17)18(12-14)30-22(27)21(16-9-7-6-8-10-16)25-23(28)31-24(3,4)5/h6-13,21H,1-5H3,(H,25,28)/t21-/m0/s1. The summed E-state index contributed by atoms with van der Waals surface area (Å²) in [6.07, 6.45) is -0.741. The minimum Gasteiger partial charge on any atom is -0.444 e. The number of alkyl carbamates (subject to hydrolysis) is 1. The number of rotatable bonds is 4. The third-order valence-corrected chi connectivity index (χ3v) is 4.39. The van der Waals surface area contributed by atoms with Gasteiger partial charge < -0.3 is 19.2 Å². The lowest BCUT2D eigenvalue weighted by Crippen LogP contribution is -2.39. The van der Waals surface area contributed by atoms with Gasteiger partial charge in [-0.1, -0.05) is 30.3 Å². The predicted octanol–water partition coefficient (Wildman–Crippen LogP) is 4.58. The zero-order valence-electron chi connectivity index (χ0n) is 18.1. The maximum Gasteiger partial charge on any atom is 0.408 e. The number of hydrogen-bond acceptors (Lipinski definition) is 6. The van der Waals surface area contributed by atoms with Crippen LogP contribution >= 0.6 is 0 Å². The molecule has 0 fully saturated rings. The Morgan fingerprint density at radius 2 is 1.71 bits per heavy atom. The molecule has 0 aliphatic rings. The highest BCUT2D eigenvalue weighted by Gasteiger charge is 2.28. The van der Waals surface area contributed by atoms with Crippen LogP contribution in [-0.4, -0.2) is 17.7 Å². The van der Waals surface area contributed by atoms with Gasteiger partial charge in [0.15, 0.2) is 6.04 Å². The van der Waals surface area contributed by atoms with Gasteiger partial charge in [-0.25, -0.2) is 14.4 Å². The number of nitrogens with one attached hydrogen (secondary N) is 1. The van der Waals surface area contributed by atoms with Crippen molar-refractivity contribution in [2.45, 2.75) is 46.3 Å². The van der Waals surface area contributed by atoms with E-state index >= 15 is 0 Å². The van der Waals surface area contributed by atoms with E-state index in [1.807, 2.05) is 0 Å². The quantitative estimate of drug-likeness (QED) is 0.375. The number of carbonyl (C=O) groups excluding carboxylic acids is 2. The summed E-state index contributed by atoms with van der Waals surface area (Å²) >= 11 is 0. The number of hydrogen-bond donors (Lipinski definition) is 1. The minimum atomic E-state index is -1.09. The Labute approximate surface area is 180 Å². The molecule has 0 radical (unpaired) electrons. The summed E-state index contributed by atoms with van der Waals surface area (Å²) < 4.78 is 16.3. The summed E-state index contributed by atoms with van der Waals surface area (Å²) in [4.78, 5) is 37.3. The van der Waals surface area contributed by atoms with Crippen molar-refractivity contribution in [2.75, 3.05) is 0 Å². The van der Waals surface area contributed by atoms with Gasteiger partial charge >= 0.3 is 17.7 Å². The molecule has 162 valence electrons. The van der Waals surface area contributed by atoms with Crippen LogP contribution in [0, 0.1) is 13.8 Å². The fraction of sp³-hybridized carbons (Fsp3) is 0.292. The second-order valence-electron chi connectivity index (χ2n) is 8.30. The van der Waals surface area contributed by atoms with Crippen molar-refractivity contribution in [3.05, 3.63) is 75.6 Å². The normalized spacial score (nSPS) is 12.3. The van der Waals surface area contributed by atoms with Crippen LogP contribution in [0.2, 0.25) is 0 Å². The molecule has 3 aromatic rings. The Kier molecular flexibility index (Phi) is 6.15. The van der Waals surface area contributed by atoms with Gasteiger partial charge in [-0.3, -0.25) is 0 Å². The fourth-order valence-corrected chi connectivity index (χ4v) is 3.17. The van der Waals surface area contributed by atoms with Crippen LogP contribution < -0.4 is 15.7 Å². The highest BCUT2D eigenvalue weighted by atomic mass is 16.6. The molecule has 1 atom stereocenters. The maximum atomic E-state index is 13.2. The average Bonchev–Trinajstić information content (AvgIpc) is 2.64. The summed E-state index contributed by atoms with van der Waals surface area (Å²) in [5, 5.41) is 3.10. The molecule has 31 heavy (non-hydrogen) atoms. The summed E-state index contributed by atoms with van der Waals surface area (Å²) in [6, 6.07) is 12.4. The zero-order valence-corrected chi connectivity index (χ0v) is 18.1. The molecule has 0 aliphatic heterocycles. The van der Waals surface area contributed by atoms with Crippen LogP contribution in [0.1, 0.15) is 43.5 Å². The first-order chi connectivity index (χ1) is 14.5. The topological polar surface area (TPSA) is 94.8 Å². The third-order valence-electron chi connectivity index (χ3n) is 4.39. The lowest BCUT2D eigenvalue weighted by Gasteiger charge is -2.23. The zero-order chi connectivity index (χ0) is 22.8. The molecule has 1 aromatic heterocycles. The summed E-state index contributed by atoms with van der Waals surface area (Å²) in [7, 11) is 0. The van der Waals surface area contributed by atoms with E-state index in [9.17, 15) is 14.4 Å². The van der Waals surface area contributed by atoms with Crippen LogP contribution in [0.25, 0.3) is 11.0 Å². The molecule has 3 rings (SSSR count). The van der Waals surface area contributed by atoms with Gasteiger partial charge in [0.1, 0.15) is 16.9 Å². The SMILES string of the molecule is Cc1cc(OC(=O)[C@@H](NC(=O)OC(C)(C)C)c2ccccc2)c2c(C)cc(=O)oc2c1. The van der Waals surface area contributed by atoms with Gasteiger partial charge in [-0.2, -0.15) is 0 Å². The molecular weight excluding hydrogens is 398 g/mol. The van der Waals surface area contributed by atoms with E-state index in [2.05, 4.69) is 5.32 Å². The van der Waals surface area contributed by atoms with Crippen LogP contribution in [0.4, 0.5) is 4.79 Å². The lowest BCUT2D eigenvalue weighted by molar-refractivity contribution is -0.136. The van der Waals surface area contributed by atoms with Gasteiger partial charge in [0.05, 0.1) is 5.39 Å². The Hall–Kier alpha value is -3.61. The number of aryl methyl sites for hydroxylation is 2. The van der Waals surface area contributed by atoms with Crippen molar-refractivity contribution in [3.63, 3.8) is 0 Å². The first kappa shape index (κ1) is 22.1. The van der Waals surface area contributed by atoms with Crippen molar-refractivity contribution in [3.8, 4) is 5.75 Å². The summed E-state index contributed by atoms with van der Waals surface area (Å²) in [6.45, 7) is 8.74. The largest absolute Gasteiger partial charge is 0.444 e. The molecule has 0 aliphatic carbocycles. The molecule has 7 nitrogen and oxygen atoms in total. The molecule has 1 heterocycles. The Morgan fingerprint density at radius 3 is 2.35 bits per heavy atom. The number of ether oxygens (including phenoxy) is 2. The average molecular weight is 423 g/mol. The van der Waals surface area contributed by atoms with Gasteiger partial charge in [-0.05, 0) is 63.4 Å². The van der Waals surface area contributed by atoms with Crippen molar-refractivity contribution in [1.29, 1.82) is 0 Å². The van der Waals surface area contributed by atoms with Gasteiger partial charge in [0, 0.05) is 6.07 Å². The van der Waals surface area contributed by atoms with Gasteiger partial charge in [0.25, 0.3) is 0 Å². The van der Waals surface area contributed by atoms with Gasteiger partial charge in [-0.15, -0.1) is 0 Å². The lowest BCUT2D eigenvalue weighted by atomic mass is 10.1. The fourth-order valence-electron chi connectivity index (χ4n) is 3.17. The van der Waals surface area contributed by atoms with E-state index in [0.29, 0.717) is 22.1 Å². The highest BCUT2D eigenvalue weighted by Crippen LogP contribution is 2.30. The monoisotopic (exact) mass is 423 g/mol.